The Morgan fingerprint density at radius 2 is 2.29 bits per heavy atom. The number of aliphatic hydroxyl groups excluding tert-OH is 1. The standard InChI is InChI=1S/C14H22O3/c1-4-10-14(16-3)11-8-6-7-9-12(15)13(5-2)17-14/h4-7,10,12-13,15H,2,8-9,11H2,1,3H3/b7-6-,10-4-/t12-,13+,14-/m0/s1. The van der Waals surface area contributed by atoms with Crippen molar-refractivity contribution >= 4 is 0 Å². The third-order valence-electron chi connectivity index (χ3n) is 2.92. The molecule has 0 unspecified atom stereocenters. The van der Waals surface area contributed by atoms with Crippen LogP contribution in [0, 0.1) is 0 Å². The Morgan fingerprint density at radius 3 is 2.88 bits per heavy atom. The van der Waals surface area contributed by atoms with Crippen molar-refractivity contribution in [2.75, 3.05) is 7.11 Å². The predicted octanol–water partition coefficient (Wildman–Crippen LogP) is 2.58. The molecule has 3 atom stereocenters. The fraction of sp³-hybridized carbons (Fsp3) is 0.571. The van der Waals surface area contributed by atoms with Crippen molar-refractivity contribution in [3.05, 3.63) is 37.0 Å². The van der Waals surface area contributed by atoms with Crippen molar-refractivity contribution in [3.8, 4) is 0 Å². The molecule has 0 bridgehead atoms. The Hall–Kier alpha value is -0.900. The zero-order chi connectivity index (χ0) is 12.7. The van der Waals surface area contributed by atoms with Gasteiger partial charge in [-0.15, -0.1) is 6.58 Å². The van der Waals surface area contributed by atoms with Gasteiger partial charge in [-0.25, -0.2) is 0 Å². The van der Waals surface area contributed by atoms with E-state index in [1.54, 1.807) is 13.2 Å². The van der Waals surface area contributed by atoms with Gasteiger partial charge in [-0.3, -0.25) is 0 Å². The van der Waals surface area contributed by atoms with E-state index < -0.39 is 18.0 Å². The normalized spacial score (nSPS) is 37.1. The molecular weight excluding hydrogens is 216 g/mol. The lowest BCUT2D eigenvalue weighted by atomic mass is 10.1. The molecule has 17 heavy (non-hydrogen) atoms. The fourth-order valence-corrected chi connectivity index (χ4v) is 1.94. The number of ether oxygens (including phenoxy) is 2. The second-order valence-corrected chi connectivity index (χ2v) is 4.15. The summed E-state index contributed by atoms with van der Waals surface area (Å²) >= 11 is 0. The average Bonchev–Trinajstić information content (AvgIpc) is 2.41. The molecule has 0 spiro atoms. The van der Waals surface area contributed by atoms with Gasteiger partial charge in [-0.05, 0) is 25.8 Å². The van der Waals surface area contributed by atoms with Gasteiger partial charge < -0.3 is 14.6 Å². The molecule has 0 aliphatic carbocycles. The zero-order valence-electron chi connectivity index (χ0n) is 10.6. The van der Waals surface area contributed by atoms with Crippen LogP contribution < -0.4 is 0 Å². The highest BCUT2D eigenvalue weighted by atomic mass is 16.7. The van der Waals surface area contributed by atoms with Gasteiger partial charge in [-0.1, -0.05) is 24.3 Å². The summed E-state index contributed by atoms with van der Waals surface area (Å²) in [5, 5.41) is 9.97. The van der Waals surface area contributed by atoms with Gasteiger partial charge in [0.1, 0.15) is 6.10 Å². The maximum absolute atomic E-state index is 9.97. The van der Waals surface area contributed by atoms with E-state index in [2.05, 4.69) is 12.7 Å². The quantitative estimate of drug-likeness (QED) is 0.768. The van der Waals surface area contributed by atoms with Gasteiger partial charge in [0.05, 0.1) is 6.10 Å². The van der Waals surface area contributed by atoms with Crippen LogP contribution in [0.15, 0.2) is 37.0 Å². The highest BCUT2D eigenvalue weighted by Gasteiger charge is 2.32. The number of methoxy groups -OCH3 is 1. The minimum absolute atomic E-state index is 0.422. The molecule has 1 rings (SSSR count). The summed E-state index contributed by atoms with van der Waals surface area (Å²) in [5.41, 5.74) is 0. The molecule has 0 fully saturated rings. The highest BCUT2D eigenvalue weighted by molar-refractivity contribution is 5.02. The van der Waals surface area contributed by atoms with Crippen LogP contribution in [0.4, 0.5) is 0 Å². The van der Waals surface area contributed by atoms with Crippen LogP contribution in [-0.2, 0) is 9.47 Å². The second-order valence-electron chi connectivity index (χ2n) is 4.15. The number of aliphatic hydroxyl groups is 1. The van der Waals surface area contributed by atoms with Crippen molar-refractivity contribution in [2.24, 2.45) is 0 Å². The second kappa shape index (κ2) is 6.74. The lowest BCUT2D eigenvalue weighted by Crippen LogP contribution is -2.40. The molecule has 1 aliphatic heterocycles. The maximum atomic E-state index is 9.97. The van der Waals surface area contributed by atoms with E-state index in [0.29, 0.717) is 6.42 Å². The minimum Gasteiger partial charge on any atom is -0.390 e. The SMILES string of the molecule is C=C[C@H]1O[C@](/C=C\C)(OC)CC/C=C\C[C@@H]1O. The van der Waals surface area contributed by atoms with Crippen LogP contribution in [-0.4, -0.2) is 30.2 Å². The van der Waals surface area contributed by atoms with E-state index >= 15 is 0 Å². The first-order chi connectivity index (χ1) is 8.17. The molecular formula is C14H22O3. The number of rotatable bonds is 3. The first-order valence-electron chi connectivity index (χ1n) is 6.00. The van der Waals surface area contributed by atoms with E-state index in [9.17, 15) is 5.11 Å². The summed E-state index contributed by atoms with van der Waals surface area (Å²) in [4.78, 5) is 0. The first kappa shape index (κ1) is 14.2. The lowest BCUT2D eigenvalue weighted by molar-refractivity contribution is -0.222. The summed E-state index contributed by atoms with van der Waals surface area (Å²) in [6.45, 7) is 5.63. The van der Waals surface area contributed by atoms with E-state index in [-0.39, 0.29) is 0 Å². The van der Waals surface area contributed by atoms with Gasteiger partial charge in [0.15, 0.2) is 5.79 Å². The van der Waals surface area contributed by atoms with E-state index in [1.165, 1.54) is 0 Å². The van der Waals surface area contributed by atoms with Crippen molar-refractivity contribution in [2.45, 2.75) is 44.2 Å². The average molecular weight is 238 g/mol. The van der Waals surface area contributed by atoms with Crippen LogP contribution in [0.2, 0.25) is 0 Å². The van der Waals surface area contributed by atoms with Gasteiger partial charge in [0.25, 0.3) is 0 Å². The number of hydrogen-bond donors (Lipinski definition) is 1. The summed E-state index contributed by atoms with van der Waals surface area (Å²) < 4.78 is 11.4. The molecule has 0 saturated heterocycles. The molecule has 0 amide bonds. The third kappa shape index (κ3) is 3.80. The summed E-state index contributed by atoms with van der Waals surface area (Å²) in [6, 6.07) is 0. The molecule has 0 radical (unpaired) electrons. The van der Waals surface area contributed by atoms with Crippen LogP contribution >= 0.6 is 0 Å². The Morgan fingerprint density at radius 1 is 1.53 bits per heavy atom. The van der Waals surface area contributed by atoms with Gasteiger partial charge in [-0.2, -0.15) is 0 Å². The molecule has 1 aliphatic rings. The van der Waals surface area contributed by atoms with Crippen molar-refractivity contribution < 1.29 is 14.6 Å². The van der Waals surface area contributed by atoms with Crippen LogP contribution in [0.5, 0.6) is 0 Å². The molecule has 96 valence electrons. The molecule has 0 aromatic rings. The molecule has 1 N–H and O–H groups in total. The van der Waals surface area contributed by atoms with Crippen LogP contribution in [0.25, 0.3) is 0 Å². The van der Waals surface area contributed by atoms with E-state index in [1.807, 2.05) is 25.2 Å². The molecule has 1 heterocycles. The maximum Gasteiger partial charge on any atom is 0.188 e. The van der Waals surface area contributed by atoms with Gasteiger partial charge in [0.2, 0.25) is 0 Å². The van der Waals surface area contributed by atoms with E-state index in [4.69, 9.17) is 9.47 Å². The summed E-state index contributed by atoms with van der Waals surface area (Å²) in [6.07, 6.45) is 10.6. The fourth-order valence-electron chi connectivity index (χ4n) is 1.94. The number of allylic oxidation sites excluding steroid dienone is 2. The summed E-state index contributed by atoms with van der Waals surface area (Å²) in [7, 11) is 1.62. The van der Waals surface area contributed by atoms with Crippen molar-refractivity contribution in [3.63, 3.8) is 0 Å². The Kier molecular flexibility index (Phi) is 5.62. The van der Waals surface area contributed by atoms with Crippen LogP contribution in [0.3, 0.4) is 0 Å². The van der Waals surface area contributed by atoms with Crippen LogP contribution in [0.1, 0.15) is 26.2 Å². The molecule has 3 nitrogen and oxygen atoms in total. The smallest absolute Gasteiger partial charge is 0.188 e. The summed E-state index contributed by atoms with van der Waals surface area (Å²) in [5.74, 6) is -0.775. The molecule has 3 heteroatoms. The topological polar surface area (TPSA) is 38.7 Å². The van der Waals surface area contributed by atoms with Crippen molar-refractivity contribution in [1.82, 2.24) is 0 Å². The molecule has 0 saturated carbocycles. The monoisotopic (exact) mass is 238 g/mol. The van der Waals surface area contributed by atoms with Gasteiger partial charge >= 0.3 is 0 Å². The highest BCUT2D eigenvalue weighted by Crippen LogP contribution is 2.27. The Balaban J connectivity index is 2.94. The molecule has 0 aromatic heterocycles. The zero-order valence-corrected chi connectivity index (χ0v) is 10.6. The van der Waals surface area contributed by atoms with E-state index in [0.717, 1.165) is 12.8 Å². The predicted molar refractivity (Wildman–Crippen MR) is 68.6 cm³/mol. The largest absolute Gasteiger partial charge is 0.390 e. The first-order valence-corrected chi connectivity index (χ1v) is 6.00. The minimum atomic E-state index is -0.775. The Bertz CT molecular complexity index is 296. The van der Waals surface area contributed by atoms with Gasteiger partial charge in [0, 0.05) is 13.5 Å². The molecule has 0 aromatic carbocycles. The van der Waals surface area contributed by atoms with Crippen molar-refractivity contribution in [1.29, 1.82) is 0 Å². The third-order valence-corrected chi connectivity index (χ3v) is 2.92. The lowest BCUT2D eigenvalue weighted by Gasteiger charge is -2.33. The number of hydrogen-bond acceptors (Lipinski definition) is 3. The Labute approximate surface area is 103 Å².